The second-order valence-corrected chi connectivity index (χ2v) is 13.8. The summed E-state index contributed by atoms with van der Waals surface area (Å²) in [5.74, 6) is 4.54. The summed E-state index contributed by atoms with van der Waals surface area (Å²) < 4.78 is 8.48. The van der Waals surface area contributed by atoms with E-state index in [9.17, 15) is 4.79 Å². The summed E-state index contributed by atoms with van der Waals surface area (Å²) in [6.07, 6.45) is 17.5. The molecule has 37 heavy (non-hydrogen) atoms. The molecule has 1 amide bonds. The van der Waals surface area contributed by atoms with E-state index in [-0.39, 0.29) is 5.91 Å². The van der Waals surface area contributed by atoms with E-state index in [1.807, 2.05) is 4.68 Å². The summed E-state index contributed by atoms with van der Waals surface area (Å²) in [6.45, 7) is 7.20. The van der Waals surface area contributed by atoms with Crippen LogP contribution in [-0.2, 0) is 6.54 Å². The van der Waals surface area contributed by atoms with Crippen LogP contribution in [0.15, 0.2) is 6.20 Å². The molecule has 0 aromatic carbocycles. The fraction of sp³-hybridized carbons (Fsp3) is 0.867. The molecule has 7 heteroatoms. The number of nitrogens with one attached hydrogen (secondary N) is 2. The smallest absolute Gasteiger partial charge is 0.258 e. The van der Waals surface area contributed by atoms with E-state index in [2.05, 4.69) is 15.5 Å². The molecule has 4 bridgehead atoms. The highest BCUT2D eigenvalue weighted by Crippen LogP contribution is 2.53. The summed E-state index contributed by atoms with van der Waals surface area (Å²) >= 11 is 0. The lowest BCUT2D eigenvalue weighted by molar-refractivity contribution is -0.0120. The van der Waals surface area contributed by atoms with Gasteiger partial charge in [0.1, 0.15) is 5.56 Å². The van der Waals surface area contributed by atoms with Gasteiger partial charge in [-0.15, -0.1) is 0 Å². The van der Waals surface area contributed by atoms with Crippen molar-refractivity contribution in [2.24, 2.45) is 35.0 Å². The third kappa shape index (κ3) is 4.95. The molecule has 7 fully saturated rings. The predicted molar refractivity (Wildman–Crippen MR) is 144 cm³/mol. The number of piperidine rings is 1. The van der Waals surface area contributed by atoms with Crippen LogP contribution in [0.5, 0.6) is 5.88 Å². The second-order valence-electron chi connectivity index (χ2n) is 13.8. The molecule has 2 N–H and O–H groups in total. The number of amides is 1. The molecule has 2 aliphatic heterocycles. The molecule has 0 atom stereocenters. The number of hydrogen-bond donors (Lipinski definition) is 2. The third-order valence-corrected chi connectivity index (χ3v) is 11.3. The zero-order chi connectivity index (χ0) is 24.8. The van der Waals surface area contributed by atoms with Crippen molar-refractivity contribution in [2.45, 2.75) is 89.6 Å². The summed E-state index contributed by atoms with van der Waals surface area (Å²) in [5.41, 5.74) is 1.22. The molecule has 5 saturated carbocycles. The van der Waals surface area contributed by atoms with Crippen LogP contribution in [0.2, 0.25) is 0 Å². The minimum atomic E-state index is 0.0414. The van der Waals surface area contributed by atoms with Crippen LogP contribution in [0.25, 0.3) is 0 Å². The average molecular weight is 510 g/mol. The van der Waals surface area contributed by atoms with Gasteiger partial charge in [-0.3, -0.25) is 4.79 Å². The van der Waals surface area contributed by atoms with E-state index in [1.165, 1.54) is 103 Å². The summed E-state index contributed by atoms with van der Waals surface area (Å²) in [6, 6.07) is 0.344. The van der Waals surface area contributed by atoms with Crippen LogP contribution in [0, 0.1) is 35.0 Å². The Morgan fingerprint density at radius 1 is 1.00 bits per heavy atom. The maximum atomic E-state index is 13.7. The Morgan fingerprint density at radius 2 is 1.70 bits per heavy atom. The van der Waals surface area contributed by atoms with Crippen molar-refractivity contribution in [3.63, 3.8) is 0 Å². The van der Waals surface area contributed by atoms with E-state index in [1.54, 1.807) is 6.20 Å². The van der Waals surface area contributed by atoms with Crippen molar-refractivity contribution in [1.82, 2.24) is 25.3 Å². The lowest BCUT2D eigenvalue weighted by Gasteiger charge is -2.54. The highest BCUT2D eigenvalue weighted by molar-refractivity contribution is 5.96. The first-order valence-electron chi connectivity index (χ1n) is 15.6. The van der Waals surface area contributed by atoms with Gasteiger partial charge in [0.25, 0.3) is 5.91 Å². The number of likely N-dealkylation sites (tertiary alicyclic amines) is 1. The van der Waals surface area contributed by atoms with Crippen LogP contribution in [0.4, 0.5) is 0 Å². The molecule has 0 radical (unpaired) electrons. The Morgan fingerprint density at radius 3 is 2.35 bits per heavy atom. The van der Waals surface area contributed by atoms with Crippen molar-refractivity contribution in [2.75, 3.05) is 39.3 Å². The molecule has 2 saturated heterocycles. The standard InChI is InChI=1S/C30H47N5O2/c36-28(33-27-24-13-22-12-23(15-24)16-25(27)14-22)26-17-32-35(29(26)37-18-21-4-2-1-3-5-21)11-10-34-8-6-30(7-9-34)19-31-20-30/h17,21-25,27,31H,1-16,18-20H2,(H,33,36). The summed E-state index contributed by atoms with van der Waals surface area (Å²) in [4.78, 5) is 16.3. The van der Waals surface area contributed by atoms with Crippen LogP contribution in [-0.4, -0.2) is 66.0 Å². The number of hydrogen-bond acceptors (Lipinski definition) is 5. The van der Waals surface area contributed by atoms with Gasteiger partial charge in [0, 0.05) is 25.7 Å². The molecule has 0 unspecified atom stereocenters. The highest BCUT2D eigenvalue weighted by atomic mass is 16.5. The molecule has 8 rings (SSSR count). The van der Waals surface area contributed by atoms with Gasteiger partial charge in [0.2, 0.25) is 5.88 Å². The first kappa shape index (κ1) is 24.4. The lowest BCUT2D eigenvalue weighted by Crippen LogP contribution is -2.58. The number of carbonyl (C=O) groups is 1. The van der Waals surface area contributed by atoms with E-state index < -0.39 is 0 Å². The number of carbonyl (C=O) groups excluding carboxylic acids is 1. The Kier molecular flexibility index (Phi) is 6.72. The molecule has 1 aromatic rings. The Balaban J connectivity index is 1.03. The molecule has 3 heterocycles. The molecule has 7 aliphatic rings. The normalized spacial score (nSPS) is 35.0. The third-order valence-electron chi connectivity index (χ3n) is 11.3. The Labute approximate surface area is 222 Å². The van der Waals surface area contributed by atoms with Crippen LogP contribution < -0.4 is 15.4 Å². The molecule has 5 aliphatic carbocycles. The first-order chi connectivity index (χ1) is 18.1. The molecule has 7 nitrogen and oxygen atoms in total. The summed E-state index contributed by atoms with van der Waals surface area (Å²) in [5, 5.41) is 11.7. The number of nitrogens with zero attached hydrogens (tertiary/aromatic N) is 3. The van der Waals surface area contributed by atoms with Crippen LogP contribution in [0.1, 0.15) is 87.4 Å². The Bertz CT molecular complexity index is 927. The monoisotopic (exact) mass is 509 g/mol. The van der Waals surface area contributed by atoms with Gasteiger partial charge in [-0.2, -0.15) is 5.10 Å². The van der Waals surface area contributed by atoms with Crippen molar-refractivity contribution < 1.29 is 9.53 Å². The van der Waals surface area contributed by atoms with E-state index in [0.717, 1.165) is 24.9 Å². The molecular formula is C30H47N5O2. The zero-order valence-corrected chi connectivity index (χ0v) is 22.6. The SMILES string of the molecule is O=C(NC1C2CC3CC(C2)CC1C3)c1cnn(CCN2CCC3(CC2)CNC3)c1OCC1CCCCC1. The van der Waals surface area contributed by atoms with Crippen LogP contribution in [0.3, 0.4) is 0 Å². The maximum Gasteiger partial charge on any atom is 0.258 e. The summed E-state index contributed by atoms with van der Waals surface area (Å²) in [7, 11) is 0. The zero-order valence-electron chi connectivity index (χ0n) is 22.6. The highest BCUT2D eigenvalue weighted by Gasteiger charge is 2.49. The minimum absolute atomic E-state index is 0.0414. The fourth-order valence-corrected chi connectivity index (χ4v) is 9.10. The van der Waals surface area contributed by atoms with Gasteiger partial charge < -0.3 is 20.3 Å². The first-order valence-corrected chi connectivity index (χ1v) is 15.6. The molecular weight excluding hydrogens is 462 g/mol. The van der Waals surface area contributed by atoms with Crippen molar-refractivity contribution in [3.8, 4) is 5.88 Å². The van der Waals surface area contributed by atoms with Gasteiger partial charge in [0.05, 0.1) is 19.3 Å². The van der Waals surface area contributed by atoms with Crippen molar-refractivity contribution in [1.29, 1.82) is 0 Å². The van der Waals surface area contributed by atoms with Crippen LogP contribution >= 0.6 is 0 Å². The molecule has 1 aromatic heterocycles. The minimum Gasteiger partial charge on any atom is -0.477 e. The fourth-order valence-electron chi connectivity index (χ4n) is 9.10. The van der Waals surface area contributed by atoms with Gasteiger partial charge >= 0.3 is 0 Å². The van der Waals surface area contributed by atoms with Gasteiger partial charge in [-0.25, -0.2) is 4.68 Å². The van der Waals surface area contributed by atoms with Gasteiger partial charge in [-0.05, 0) is 106 Å². The lowest BCUT2D eigenvalue weighted by atomic mass is 9.54. The topological polar surface area (TPSA) is 71.4 Å². The van der Waals surface area contributed by atoms with E-state index in [4.69, 9.17) is 9.84 Å². The van der Waals surface area contributed by atoms with E-state index >= 15 is 0 Å². The molecule has 1 spiro atoms. The predicted octanol–water partition coefficient (Wildman–Crippen LogP) is 4.08. The second kappa shape index (κ2) is 10.2. The maximum absolute atomic E-state index is 13.7. The number of rotatable bonds is 8. The largest absolute Gasteiger partial charge is 0.477 e. The van der Waals surface area contributed by atoms with Crippen molar-refractivity contribution >= 4 is 5.91 Å². The number of ether oxygens (including phenoxy) is 1. The quantitative estimate of drug-likeness (QED) is 0.553. The van der Waals surface area contributed by atoms with Gasteiger partial charge in [0.15, 0.2) is 0 Å². The number of aromatic nitrogens is 2. The average Bonchev–Trinajstić information content (AvgIpc) is 3.30. The van der Waals surface area contributed by atoms with Crippen molar-refractivity contribution in [3.05, 3.63) is 11.8 Å². The van der Waals surface area contributed by atoms with E-state index in [0.29, 0.717) is 47.3 Å². The van der Waals surface area contributed by atoms with Gasteiger partial charge in [-0.1, -0.05) is 19.3 Å². The Hall–Kier alpha value is -1.60. The molecule has 204 valence electrons.